The lowest BCUT2D eigenvalue weighted by Gasteiger charge is -2.24. The molecule has 1 nitrogen and oxygen atoms in total. The smallest absolute Gasteiger partial charge is 0.0227 e. The van der Waals surface area contributed by atoms with Gasteiger partial charge in [0.15, 0.2) is 0 Å². The summed E-state index contributed by atoms with van der Waals surface area (Å²) < 4.78 is 0. The van der Waals surface area contributed by atoms with Crippen molar-refractivity contribution in [2.45, 2.75) is 130 Å². The predicted molar refractivity (Wildman–Crippen MR) is 128 cm³/mol. The van der Waals surface area contributed by atoms with Crippen LogP contribution >= 0.6 is 0 Å². The van der Waals surface area contributed by atoms with Crippen molar-refractivity contribution in [1.29, 1.82) is 0 Å². The number of hydrogen-bond donors (Lipinski definition) is 1. The lowest BCUT2D eigenvalue weighted by molar-refractivity contribution is 0.316. The van der Waals surface area contributed by atoms with Crippen molar-refractivity contribution in [3.05, 3.63) is 35.9 Å². The summed E-state index contributed by atoms with van der Waals surface area (Å²) in [6.07, 6.45) is 24.3. The number of hydrogen-bond acceptors (Lipinski definition) is 1. The summed E-state index contributed by atoms with van der Waals surface area (Å²) in [6.45, 7) is 7.17. The Morgan fingerprint density at radius 3 is 1.39 bits per heavy atom. The molecule has 1 rings (SSSR count). The minimum atomic E-state index is 0. The second-order valence-electron chi connectivity index (χ2n) is 9.53. The molecule has 0 radical (unpaired) electrons. The fourth-order valence-corrected chi connectivity index (χ4v) is 4.21. The Balaban J connectivity index is 0.00000729. The van der Waals surface area contributed by atoms with Gasteiger partial charge in [0.25, 0.3) is 0 Å². The molecule has 0 saturated carbocycles. The molecule has 0 aliphatic carbocycles. The van der Waals surface area contributed by atoms with Crippen molar-refractivity contribution in [2.24, 2.45) is 5.41 Å². The van der Waals surface area contributed by atoms with Gasteiger partial charge in [-0.15, -0.1) is 0 Å². The molecule has 1 heteroatoms. The van der Waals surface area contributed by atoms with Gasteiger partial charge in [0, 0.05) is 0 Å². The van der Waals surface area contributed by atoms with Crippen LogP contribution in [-0.2, 0) is 6.42 Å². The molecule has 0 aliphatic rings. The average Bonchev–Trinajstić information content (AvgIpc) is 2.65. The van der Waals surface area contributed by atoms with Crippen LogP contribution in [0.1, 0.15) is 129 Å². The fourth-order valence-electron chi connectivity index (χ4n) is 4.21. The van der Waals surface area contributed by atoms with E-state index in [0.717, 1.165) is 0 Å². The molecule has 1 aromatic rings. The molecule has 1 aromatic carbocycles. The van der Waals surface area contributed by atoms with Crippen LogP contribution in [-0.4, -0.2) is 0 Å². The summed E-state index contributed by atoms with van der Waals surface area (Å²) in [5.41, 5.74) is 1.93. The largest absolute Gasteiger partial charge is 0.344 e. The Morgan fingerprint density at radius 1 is 0.571 bits per heavy atom. The van der Waals surface area contributed by atoms with E-state index in [-0.39, 0.29) is 6.15 Å². The van der Waals surface area contributed by atoms with E-state index in [4.69, 9.17) is 0 Å². The maximum Gasteiger partial charge on any atom is -0.0227 e. The molecule has 164 valence electrons. The lowest BCUT2D eigenvalue weighted by Crippen LogP contribution is -2.14. The topological polar surface area (TPSA) is 35.0 Å². The maximum atomic E-state index is 2.43. The van der Waals surface area contributed by atoms with E-state index in [1.807, 2.05) is 0 Å². The summed E-state index contributed by atoms with van der Waals surface area (Å²) in [7, 11) is 0. The highest BCUT2D eigenvalue weighted by Gasteiger charge is 2.17. The fraction of sp³-hybridized carbons (Fsp3) is 0.778. The van der Waals surface area contributed by atoms with Crippen molar-refractivity contribution in [3.63, 3.8) is 0 Å². The van der Waals surface area contributed by atoms with E-state index in [9.17, 15) is 0 Å². The van der Waals surface area contributed by atoms with Crippen molar-refractivity contribution in [1.82, 2.24) is 6.15 Å². The maximum absolute atomic E-state index is 2.43. The Morgan fingerprint density at radius 2 is 0.964 bits per heavy atom. The van der Waals surface area contributed by atoms with Crippen LogP contribution < -0.4 is 6.15 Å². The van der Waals surface area contributed by atoms with Crippen molar-refractivity contribution in [2.75, 3.05) is 0 Å². The average molecular weight is 390 g/mol. The Kier molecular flexibility index (Phi) is 17.7. The second kappa shape index (κ2) is 18.2. The van der Waals surface area contributed by atoms with Gasteiger partial charge in [0.05, 0.1) is 0 Å². The molecule has 28 heavy (non-hydrogen) atoms. The van der Waals surface area contributed by atoms with Crippen molar-refractivity contribution < 1.29 is 0 Å². The zero-order chi connectivity index (χ0) is 19.6. The van der Waals surface area contributed by atoms with Gasteiger partial charge in [-0.3, -0.25) is 0 Å². The standard InChI is InChI=1S/C27H48.H3N/c1-4-5-6-7-8-9-10-11-12-13-14-15-16-17-21-24-27(2,3)25-26-22-19-18-20-23-26;/h18-20,22-23H,4-17,21,24-25H2,1-3H3;1H3. The normalized spacial score (nSPS) is 11.4. The first-order chi connectivity index (χ1) is 13.1. The number of rotatable bonds is 18. The molecular weight excluding hydrogens is 338 g/mol. The summed E-state index contributed by atoms with van der Waals surface area (Å²) in [6, 6.07) is 11.0. The summed E-state index contributed by atoms with van der Waals surface area (Å²) in [5.74, 6) is 0. The number of benzene rings is 1. The highest BCUT2D eigenvalue weighted by molar-refractivity contribution is 5.16. The third-order valence-corrected chi connectivity index (χ3v) is 5.98. The van der Waals surface area contributed by atoms with Gasteiger partial charge in [-0.25, -0.2) is 0 Å². The van der Waals surface area contributed by atoms with Crippen LogP contribution in [0, 0.1) is 5.41 Å². The van der Waals surface area contributed by atoms with Crippen LogP contribution in [0.2, 0.25) is 0 Å². The van der Waals surface area contributed by atoms with E-state index < -0.39 is 0 Å². The first kappa shape index (κ1) is 27.2. The van der Waals surface area contributed by atoms with Crippen molar-refractivity contribution in [3.8, 4) is 0 Å². The Bertz CT molecular complexity index is 423. The quantitative estimate of drug-likeness (QED) is 0.249. The summed E-state index contributed by atoms with van der Waals surface area (Å²) in [4.78, 5) is 0. The van der Waals surface area contributed by atoms with Gasteiger partial charge in [0.2, 0.25) is 0 Å². The summed E-state index contributed by atoms with van der Waals surface area (Å²) >= 11 is 0. The van der Waals surface area contributed by atoms with Gasteiger partial charge in [-0.1, -0.05) is 147 Å². The SMILES string of the molecule is CCCCCCCCCCCCCCCCCC(C)(C)Cc1ccccc1.N. The summed E-state index contributed by atoms with van der Waals surface area (Å²) in [5, 5.41) is 0. The molecule has 0 unspecified atom stereocenters. The van der Waals surface area contributed by atoms with Gasteiger partial charge in [-0.2, -0.15) is 0 Å². The monoisotopic (exact) mass is 389 g/mol. The van der Waals surface area contributed by atoms with Crippen molar-refractivity contribution >= 4 is 0 Å². The zero-order valence-electron chi connectivity index (χ0n) is 19.6. The highest BCUT2D eigenvalue weighted by atomic mass is 14.2. The van der Waals surface area contributed by atoms with E-state index in [0.29, 0.717) is 5.41 Å². The molecule has 0 amide bonds. The molecule has 0 aliphatic heterocycles. The van der Waals surface area contributed by atoms with E-state index in [2.05, 4.69) is 51.1 Å². The minimum absolute atomic E-state index is 0. The Hall–Kier alpha value is -0.820. The highest BCUT2D eigenvalue weighted by Crippen LogP contribution is 2.28. The first-order valence-corrected chi connectivity index (χ1v) is 12.2. The van der Waals surface area contributed by atoms with Crippen LogP contribution in [0.4, 0.5) is 0 Å². The molecule has 0 aromatic heterocycles. The predicted octanol–water partition coefficient (Wildman–Crippen LogP) is 9.68. The molecule has 0 spiro atoms. The van der Waals surface area contributed by atoms with Gasteiger partial charge < -0.3 is 6.15 Å². The molecular formula is C27H51N. The van der Waals surface area contributed by atoms with Crippen LogP contribution in [0.15, 0.2) is 30.3 Å². The minimum Gasteiger partial charge on any atom is -0.344 e. The number of unbranched alkanes of at least 4 members (excludes halogenated alkanes) is 14. The zero-order valence-corrected chi connectivity index (χ0v) is 19.6. The van der Waals surface area contributed by atoms with Gasteiger partial charge >= 0.3 is 0 Å². The lowest BCUT2D eigenvalue weighted by atomic mass is 9.81. The van der Waals surface area contributed by atoms with Gasteiger partial charge in [-0.05, 0) is 23.8 Å². The third kappa shape index (κ3) is 16.2. The van der Waals surface area contributed by atoms with Crippen LogP contribution in [0.3, 0.4) is 0 Å². The molecule has 0 saturated heterocycles. The first-order valence-electron chi connectivity index (χ1n) is 12.2. The second-order valence-corrected chi connectivity index (χ2v) is 9.53. The molecule has 0 heterocycles. The van der Waals surface area contributed by atoms with E-state index >= 15 is 0 Å². The molecule has 0 atom stereocenters. The third-order valence-electron chi connectivity index (χ3n) is 5.98. The molecule has 3 N–H and O–H groups in total. The van der Waals surface area contributed by atoms with E-state index in [1.165, 1.54) is 115 Å². The molecule has 0 bridgehead atoms. The Labute approximate surface area is 177 Å². The van der Waals surface area contributed by atoms with Crippen LogP contribution in [0.5, 0.6) is 0 Å². The van der Waals surface area contributed by atoms with E-state index in [1.54, 1.807) is 0 Å². The van der Waals surface area contributed by atoms with Crippen LogP contribution in [0.25, 0.3) is 0 Å². The van der Waals surface area contributed by atoms with Gasteiger partial charge in [0.1, 0.15) is 0 Å². The molecule has 0 fully saturated rings.